The predicted molar refractivity (Wildman–Crippen MR) is 99.7 cm³/mol. The summed E-state index contributed by atoms with van der Waals surface area (Å²) >= 11 is 15.1. The molecule has 0 aromatic heterocycles. The predicted octanol–water partition coefficient (Wildman–Crippen LogP) is 6.16. The molecule has 0 saturated heterocycles. The quantitative estimate of drug-likeness (QED) is 0.323. The fourth-order valence-corrected chi connectivity index (χ4v) is 4.54. The van der Waals surface area contributed by atoms with E-state index in [1.54, 1.807) is 23.5 Å². The first-order valence-corrected chi connectivity index (χ1v) is 9.58. The fraction of sp³-hybridized carbons (Fsp3) is 0.235. The van der Waals surface area contributed by atoms with Gasteiger partial charge in [-0.25, -0.2) is 0 Å². The largest absolute Gasteiger partial charge is 0.466 e. The first-order chi connectivity index (χ1) is 11.1. The molecule has 0 spiro atoms. The number of hydrogen-bond acceptors (Lipinski definition) is 4. The molecular weight excluding hydrogens is 371 g/mol. The van der Waals surface area contributed by atoms with Crippen molar-refractivity contribution in [3.05, 3.63) is 58.6 Å². The van der Waals surface area contributed by atoms with Gasteiger partial charge in [0.2, 0.25) is 0 Å². The summed E-state index contributed by atoms with van der Waals surface area (Å²) in [6.07, 6.45) is 0.328. The Balaban J connectivity index is 2.08. The number of rotatable bonds is 7. The van der Waals surface area contributed by atoms with Crippen LogP contribution < -0.4 is 0 Å². The molecule has 0 aliphatic heterocycles. The Hall–Kier alpha value is -0.810. The molecule has 0 N–H and O–H groups in total. The average molecular weight is 387 g/mol. The molecule has 23 heavy (non-hydrogen) atoms. The van der Waals surface area contributed by atoms with Crippen molar-refractivity contribution in [2.75, 3.05) is 6.61 Å². The first kappa shape index (κ1) is 18.5. The van der Waals surface area contributed by atoms with E-state index in [0.717, 1.165) is 9.79 Å². The van der Waals surface area contributed by atoms with Crippen molar-refractivity contribution < 1.29 is 9.53 Å². The van der Waals surface area contributed by atoms with E-state index in [1.165, 1.54) is 0 Å². The van der Waals surface area contributed by atoms with E-state index < -0.39 is 0 Å². The second-order valence-electron chi connectivity index (χ2n) is 4.58. The van der Waals surface area contributed by atoms with Gasteiger partial charge in [0, 0.05) is 19.8 Å². The first-order valence-electron chi connectivity index (χ1n) is 7.07. The van der Waals surface area contributed by atoms with Crippen molar-refractivity contribution in [1.82, 2.24) is 0 Å². The lowest BCUT2D eigenvalue weighted by molar-refractivity contribution is -0.142. The highest BCUT2D eigenvalue weighted by Crippen LogP contribution is 2.38. The van der Waals surface area contributed by atoms with Crippen molar-refractivity contribution in [2.45, 2.75) is 27.7 Å². The molecule has 0 heterocycles. The topological polar surface area (TPSA) is 26.3 Å². The lowest BCUT2D eigenvalue weighted by atomic mass is 10.4. The van der Waals surface area contributed by atoms with Crippen LogP contribution in [-0.2, 0) is 9.53 Å². The molecule has 2 rings (SSSR count). The third-order valence-corrected chi connectivity index (χ3v) is 5.83. The van der Waals surface area contributed by atoms with Gasteiger partial charge in [-0.05, 0) is 55.5 Å². The molecular formula is C17H16Cl2O2S2. The van der Waals surface area contributed by atoms with E-state index in [2.05, 4.69) is 0 Å². The van der Waals surface area contributed by atoms with Gasteiger partial charge in [0.25, 0.3) is 0 Å². The Bertz CT molecular complexity index is 583. The van der Waals surface area contributed by atoms with Crippen molar-refractivity contribution in [2.24, 2.45) is 0 Å². The van der Waals surface area contributed by atoms with Crippen LogP contribution in [0.1, 0.15) is 13.3 Å². The standard InChI is InChI=1S/C17H16Cl2O2S2/c1-2-21-16(20)11-17(22-14-7-3-12(18)4-8-14)23-15-9-5-13(19)6-10-15/h3-10,17H,2,11H2,1H3. The van der Waals surface area contributed by atoms with Gasteiger partial charge in [0.05, 0.1) is 17.6 Å². The number of halogens is 2. The van der Waals surface area contributed by atoms with Crippen molar-refractivity contribution in [3.8, 4) is 0 Å². The summed E-state index contributed by atoms with van der Waals surface area (Å²) in [5.41, 5.74) is 0. The average Bonchev–Trinajstić information content (AvgIpc) is 2.52. The third kappa shape index (κ3) is 6.68. The maximum absolute atomic E-state index is 11.9. The zero-order valence-electron chi connectivity index (χ0n) is 12.5. The lowest BCUT2D eigenvalue weighted by Crippen LogP contribution is -2.10. The van der Waals surface area contributed by atoms with Gasteiger partial charge in [-0.3, -0.25) is 4.79 Å². The smallest absolute Gasteiger partial charge is 0.307 e. The van der Waals surface area contributed by atoms with Gasteiger partial charge in [-0.2, -0.15) is 0 Å². The summed E-state index contributed by atoms with van der Waals surface area (Å²) in [4.78, 5) is 14.0. The van der Waals surface area contributed by atoms with Crippen LogP contribution in [0.2, 0.25) is 10.0 Å². The van der Waals surface area contributed by atoms with Crippen LogP contribution in [0.4, 0.5) is 0 Å². The van der Waals surface area contributed by atoms with E-state index in [1.807, 2.05) is 55.5 Å². The summed E-state index contributed by atoms with van der Waals surface area (Å²) < 4.78 is 5.09. The van der Waals surface area contributed by atoms with E-state index >= 15 is 0 Å². The van der Waals surface area contributed by atoms with Crippen LogP contribution in [0.25, 0.3) is 0 Å². The van der Waals surface area contributed by atoms with Crippen LogP contribution in [-0.4, -0.2) is 17.2 Å². The summed E-state index contributed by atoms with van der Waals surface area (Å²) in [6, 6.07) is 15.2. The normalized spacial score (nSPS) is 10.8. The minimum atomic E-state index is -0.194. The fourth-order valence-electron chi connectivity index (χ4n) is 1.79. The molecule has 0 aliphatic rings. The highest BCUT2D eigenvalue weighted by molar-refractivity contribution is 8.17. The maximum Gasteiger partial charge on any atom is 0.307 e. The number of carbonyl (C=O) groups is 1. The second kappa shape index (κ2) is 9.48. The van der Waals surface area contributed by atoms with Crippen LogP contribution in [0.5, 0.6) is 0 Å². The summed E-state index contributed by atoms with van der Waals surface area (Å²) in [5.74, 6) is -0.194. The Morgan fingerprint density at radius 3 is 1.78 bits per heavy atom. The van der Waals surface area contributed by atoms with Crippen LogP contribution in [0.15, 0.2) is 58.3 Å². The highest BCUT2D eigenvalue weighted by Gasteiger charge is 2.18. The molecule has 122 valence electrons. The van der Waals surface area contributed by atoms with Gasteiger partial charge in [0.15, 0.2) is 0 Å². The molecule has 0 radical (unpaired) electrons. The number of esters is 1. The van der Waals surface area contributed by atoms with E-state index in [0.29, 0.717) is 23.1 Å². The molecule has 0 aliphatic carbocycles. The second-order valence-corrected chi connectivity index (χ2v) is 8.31. The van der Waals surface area contributed by atoms with E-state index in [-0.39, 0.29) is 10.6 Å². The molecule has 0 unspecified atom stereocenters. The number of ether oxygens (including phenoxy) is 1. The lowest BCUT2D eigenvalue weighted by Gasteiger charge is -2.15. The van der Waals surface area contributed by atoms with Gasteiger partial charge in [0.1, 0.15) is 0 Å². The number of carbonyl (C=O) groups excluding carboxylic acids is 1. The van der Waals surface area contributed by atoms with Crippen LogP contribution in [0.3, 0.4) is 0 Å². The van der Waals surface area contributed by atoms with E-state index in [9.17, 15) is 4.79 Å². The molecule has 2 aromatic carbocycles. The molecule has 0 fully saturated rings. The molecule has 0 bridgehead atoms. The Morgan fingerprint density at radius 1 is 0.957 bits per heavy atom. The van der Waals surface area contributed by atoms with Gasteiger partial charge >= 0.3 is 5.97 Å². The number of benzene rings is 2. The SMILES string of the molecule is CCOC(=O)CC(Sc1ccc(Cl)cc1)Sc1ccc(Cl)cc1. The Kier molecular flexibility index (Phi) is 7.63. The zero-order valence-corrected chi connectivity index (χ0v) is 15.6. The molecule has 2 nitrogen and oxygen atoms in total. The highest BCUT2D eigenvalue weighted by atomic mass is 35.5. The Labute approximate surface area is 154 Å². The van der Waals surface area contributed by atoms with Crippen LogP contribution >= 0.6 is 46.7 Å². The summed E-state index contributed by atoms with van der Waals surface area (Å²) in [5, 5.41) is 1.39. The maximum atomic E-state index is 11.9. The molecule has 6 heteroatoms. The number of hydrogen-bond donors (Lipinski definition) is 0. The van der Waals surface area contributed by atoms with Crippen LogP contribution in [0, 0.1) is 0 Å². The molecule has 0 saturated carbocycles. The minimum absolute atomic E-state index is 0.0106. The van der Waals surface area contributed by atoms with Crippen molar-refractivity contribution in [1.29, 1.82) is 0 Å². The third-order valence-electron chi connectivity index (χ3n) is 2.80. The van der Waals surface area contributed by atoms with Crippen molar-refractivity contribution >= 4 is 52.7 Å². The Morgan fingerprint density at radius 2 is 1.39 bits per heavy atom. The summed E-state index contributed by atoms with van der Waals surface area (Å²) in [7, 11) is 0. The van der Waals surface area contributed by atoms with Gasteiger partial charge in [-0.15, -0.1) is 23.5 Å². The van der Waals surface area contributed by atoms with E-state index in [4.69, 9.17) is 27.9 Å². The molecule has 0 amide bonds. The minimum Gasteiger partial charge on any atom is -0.466 e. The molecule has 0 atom stereocenters. The zero-order chi connectivity index (χ0) is 16.7. The van der Waals surface area contributed by atoms with Crippen molar-refractivity contribution in [3.63, 3.8) is 0 Å². The number of thioether (sulfide) groups is 2. The summed E-state index contributed by atoms with van der Waals surface area (Å²) in [6.45, 7) is 2.20. The van der Waals surface area contributed by atoms with Gasteiger partial charge in [-0.1, -0.05) is 23.2 Å². The van der Waals surface area contributed by atoms with Gasteiger partial charge < -0.3 is 4.74 Å². The monoisotopic (exact) mass is 386 g/mol. The molecule has 2 aromatic rings.